The van der Waals surface area contributed by atoms with Crippen molar-refractivity contribution in [1.29, 1.82) is 0 Å². The Morgan fingerprint density at radius 2 is 1.85 bits per heavy atom. The third-order valence-electron chi connectivity index (χ3n) is 6.53. The highest BCUT2D eigenvalue weighted by atomic mass is 16.3. The van der Waals surface area contributed by atoms with E-state index >= 15 is 0 Å². The Kier molecular flexibility index (Phi) is 4.82. The maximum Gasteiger partial charge on any atom is 0.289 e. The molecule has 6 nitrogen and oxygen atoms in total. The number of likely N-dealkylation sites (tertiary alicyclic amines) is 2. The molecule has 1 aromatic heterocycles. The smallest absolute Gasteiger partial charge is 0.289 e. The van der Waals surface area contributed by atoms with E-state index in [4.69, 9.17) is 4.42 Å². The summed E-state index contributed by atoms with van der Waals surface area (Å²) in [6.07, 6.45) is 8.46. The number of nitrogens with zero attached hydrogens (tertiary/aromatic N) is 2. The van der Waals surface area contributed by atoms with Crippen molar-refractivity contribution >= 4 is 11.8 Å². The summed E-state index contributed by atoms with van der Waals surface area (Å²) in [5.74, 6) is 0.457. The molecule has 1 aromatic rings. The zero-order chi connectivity index (χ0) is 19.0. The fourth-order valence-electron chi connectivity index (χ4n) is 5.13. The number of carbonyl (C=O) groups is 2. The van der Waals surface area contributed by atoms with Gasteiger partial charge in [0.05, 0.1) is 5.41 Å². The van der Waals surface area contributed by atoms with Crippen molar-refractivity contribution in [2.45, 2.75) is 64.3 Å². The predicted octanol–water partition coefficient (Wildman–Crippen LogP) is 2.74. The van der Waals surface area contributed by atoms with Gasteiger partial charge in [0.2, 0.25) is 5.91 Å². The molecule has 1 saturated carbocycles. The fraction of sp³-hybridized carbons (Fsp3) is 0.667. The van der Waals surface area contributed by atoms with E-state index in [2.05, 4.69) is 4.90 Å². The molecule has 0 bridgehead atoms. The van der Waals surface area contributed by atoms with Crippen molar-refractivity contribution in [2.24, 2.45) is 5.41 Å². The van der Waals surface area contributed by atoms with Crippen LogP contribution in [0.2, 0.25) is 0 Å². The Bertz CT molecular complexity index is 796. The van der Waals surface area contributed by atoms with E-state index in [1.807, 2.05) is 0 Å². The van der Waals surface area contributed by atoms with Crippen molar-refractivity contribution in [3.8, 4) is 0 Å². The lowest BCUT2D eigenvalue weighted by Gasteiger charge is -2.44. The summed E-state index contributed by atoms with van der Waals surface area (Å²) in [7, 11) is 0. The first-order chi connectivity index (χ1) is 13.0. The lowest BCUT2D eigenvalue weighted by atomic mass is 9.77. The van der Waals surface area contributed by atoms with E-state index in [9.17, 15) is 14.4 Å². The Hall–Kier alpha value is -2.11. The zero-order valence-corrected chi connectivity index (χ0v) is 16.0. The first kappa shape index (κ1) is 18.3. The molecule has 3 heterocycles. The standard InChI is InChI=1S/C21H28N2O4/c1-15-12-17(24)13-18(27-15)19(25)22-11-9-21(14-22)8-5-10-23(20(21)26)16-6-3-2-4-7-16/h12-13,16H,2-11,14H2,1H3. The number of piperidine rings is 1. The van der Waals surface area contributed by atoms with Gasteiger partial charge < -0.3 is 14.2 Å². The van der Waals surface area contributed by atoms with E-state index < -0.39 is 5.41 Å². The van der Waals surface area contributed by atoms with Crippen LogP contribution in [0.25, 0.3) is 0 Å². The topological polar surface area (TPSA) is 70.8 Å². The quantitative estimate of drug-likeness (QED) is 0.800. The van der Waals surface area contributed by atoms with Crippen molar-refractivity contribution in [2.75, 3.05) is 19.6 Å². The number of carbonyl (C=O) groups excluding carboxylic acids is 2. The monoisotopic (exact) mass is 372 g/mol. The predicted molar refractivity (Wildman–Crippen MR) is 100 cm³/mol. The van der Waals surface area contributed by atoms with E-state index in [1.165, 1.54) is 31.4 Å². The number of amides is 2. The Labute approximate surface area is 159 Å². The van der Waals surface area contributed by atoms with Crippen LogP contribution in [0.4, 0.5) is 0 Å². The summed E-state index contributed by atoms with van der Waals surface area (Å²) in [6, 6.07) is 3.00. The molecular formula is C21H28N2O4. The average Bonchev–Trinajstić information content (AvgIpc) is 3.08. The Balaban J connectivity index is 1.50. The highest BCUT2D eigenvalue weighted by molar-refractivity contribution is 5.93. The van der Waals surface area contributed by atoms with Gasteiger partial charge in [0.1, 0.15) is 5.76 Å². The molecule has 1 aliphatic carbocycles. The van der Waals surface area contributed by atoms with Crippen LogP contribution in [0.1, 0.15) is 67.7 Å². The maximum atomic E-state index is 13.4. The third-order valence-corrected chi connectivity index (χ3v) is 6.53. The first-order valence-corrected chi connectivity index (χ1v) is 10.2. The summed E-state index contributed by atoms with van der Waals surface area (Å²) in [5, 5.41) is 0. The van der Waals surface area contributed by atoms with Gasteiger partial charge in [-0.05, 0) is 39.0 Å². The summed E-state index contributed by atoms with van der Waals surface area (Å²) in [5.41, 5.74) is -0.677. The van der Waals surface area contributed by atoms with E-state index in [0.717, 1.165) is 32.2 Å². The average molecular weight is 372 g/mol. The van der Waals surface area contributed by atoms with Gasteiger partial charge in [0, 0.05) is 37.8 Å². The van der Waals surface area contributed by atoms with Crippen LogP contribution in [0.3, 0.4) is 0 Å². The van der Waals surface area contributed by atoms with Crippen LogP contribution >= 0.6 is 0 Å². The molecule has 1 unspecified atom stereocenters. The molecule has 2 amide bonds. The summed E-state index contributed by atoms with van der Waals surface area (Å²) >= 11 is 0. The second-order valence-electron chi connectivity index (χ2n) is 8.42. The van der Waals surface area contributed by atoms with Gasteiger partial charge in [-0.1, -0.05) is 19.3 Å². The van der Waals surface area contributed by atoms with Crippen LogP contribution in [-0.2, 0) is 4.79 Å². The van der Waals surface area contributed by atoms with Crippen molar-refractivity contribution in [3.63, 3.8) is 0 Å². The minimum Gasteiger partial charge on any atom is -0.456 e. The molecule has 146 valence electrons. The van der Waals surface area contributed by atoms with Gasteiger partial charge >= 0.3 is 0 Å². The molecule has 3 fully saturated rings. The molecule has 27 heavy (non-hydrogen) atoms. The SMILES string of the molecule is Cc1cc(=O)cc(C(=O)N2CCC3(CCCN(C4CCCCC4)C3=O)C2)o1. The van der Waals surface area contributed by atoms with Gasteiger partial charge in [-0.15, -0.1) is 0 Å². The van der Waals surface area contributed by atoms with E-state index in [1.54, 1.807) is 11.8 Å². The first-order valence-electron chi connectivity index (χ1n) is 10.2. The van der Waals surface area contributed by atoms with Gasteiger partial charge in [0.15, 0.2) is 11.2 Å². The maximum absolute atomic E-state index is 13.4. The molecule has 6 heteroatoms. The second kappa shape index (κ2) is 7.13. The van der Waals surface area contributed by atoms with Crippen molar-refractivity contribution in [1.82, 2.24) is 9.80 Å². The second-order valence-corrected chi connectivity index (χ2v) is 8.42. The van der Waals surface area contributed by atoms with Gasteiger partial charge in [-0.2, -0.15) is 0 Å². The minimum atomic E-state index is -0.449. The molecule has 0 aromatic carbocycles. The zero-order valence-electron chi connectivity index (χ0n) is 16.0. The molecule has 0 N–H and O–H groups in total. The third kappa shape index (κ3) is 3.42. The normalized spacial score (nSPS) is 26.8. The molecule has 2 saturated heterocycles. The Morgan fingerprint density at radius 3 is 2.59 bits per heavy atom. The molecule has 0 radical (unpaired) electrons. The molecule has 1 atom stereocenters. The van der Waals surface area contributed by atoms with Crippen LogP contribution in [0.5, 0.6) is 0 Å². The lowest BCUT2D eigenvalue weighted by molar-refractivity contribution is -0.149. The van der Waals surface area contributed by atoms with Gasteiger partial charge in [-0.3, -0.25) is 14.4 Å². The molecule has 1 spiro atoms. The van der Waals surface area contributed by atoms with Gasteiger partial charge in [-0.25, -0.2) is 0 Å². The molecular weight excluding hydrogens is 344 g/mol. The number of hydrogen-bond acceptors (Lipinski definition) is 4. The van der Waals surface area contributed by atoms with E-state index in [-0.39, 0.29) is 23.0 Å². The van der Waals surface area contributed by atoms with Crippen LogP contribution in [0, 0.1) is 12.3 Å². The fourth-order valence-corrected chi connectivity index (χ4v) is 5.13. The summed E-state index contributed by atoms with van der Waals surface area (Å²) in [4.78, 5) is 41.7. The summed E-state index contributed by atoms with van der Waals surface area (Å²) < 4.78 is 5.46. The van der Waals surface area contributed by atoms with Crippen LogP contribution in [0.15, 0.2) is 21.3 Å². The number of hydrogen-bond donors (Lipinski definition) is 0. The number of rotatable bonds is 2. The highest BCUT2D eigenvalue weighted by Crippen LogP contribution is 2.42. The largest absolute Gasteiger partial charge is 0.456 e. The minimum absolute atomic E-state index is 0.0736. The molecule has 3 aliphatic rings. The van der Waals surface area contributed by atoms with E-state index in [0.29, 0.717) is 31.3 Å². The molecule has 2 aliphatic heterocycles. The van der Waals surface area contributed by atoms with Crippen molar-refractivity contribution in [3.05, 3.63) is 33.9 Å². The van der Waals surface area contributed by atoms with Crippen molar-refractivity contribution < 1.29 is 14.0 Å². The number of aryl methyl sites for hydroxylation is 1. The highest BCUT2D eigenvalue weighted by Gasteiger charge is 2.50. The Morgan fingerprint density at radius 1 is 1.07 bits per heavy atom. The summed E-state index contributed by atoms with van der Waals surface area (Å²) in [6.45, 7) is 3.49. The van der Waals surface area contributed by atoms with Crippen LogP contribution < -0.4 is 5.43 Å². The van der Waals surface area contributed by atoms with Crippen LogP contribution in [-0.4, -0.2) is 47.3 Å². The molecule has 4 rings (SSSR count). The van der Waals surface area contributed by atoms with Gasteiger partial charge in [0.25, 0.3) is 5.91 Å². The lowest BCUT2D eigenvalue weighted by Crippen LogP contribution is -2.54.